The summed E-state index contributed by atoms with van der Waals surface area (Å²) >= 11 is 0. The monoisotopic (exact) mass is 390 g/mol. The molecule has 1 saturated heterocycles. The molecule has 0 radical (unpaired) electrons. The van der Waals surface area contributed by atoms with Crippen LogP contribution in [-0.2, 0) is 27.3 Å². The number of fused-ring (bicyclic) bond motifs is 5. The quantitative estimate of drug-likeness (QED) is 0.606. The Morgan fingerprint density at radius 1 is 1.03 bits per heavy atom. The predicted molar refractivity (Wildman–Crippen MR) is 104 cm³/mol. The van der Waals surface area contributed by atoms with Gasteiger partial charge in [-0.05, 0) is 36.0 Å². The molecule has 2 aromatic rings. The summed E-state index contributed by atoms with van der Waals surface area (Å²) in [6.45, 7) is 0.215. The minimum atomic E-state index is -0.864. The molecule has 0 spiro atoms. The molecule has 148 valence electrons. The van der Waals surface area contributed by atoms with Crippen LogP contribution in [0.2, 0.25) is 0 Å². The first-order valence-corrected chi connectivity index (χ1v) is 10.0. The number of hydrogen-bond acceptors (Lipinski definition) is 4. The maximum absolute atomic E-state index is 13.2. The molecule has 1 aliphatic heterocycles. The molecule has 2 bridgehead atoms. The molecule has 2 fully saturated rings. The third kappa shape index (κ3) is 2.99. The molecule has 1 aromatic heterocycles. The van der Waals surface area contributed by atoms with E-state index in [9.17, 15) is 14.4 Å². The maximum Gasteiger partial charge on any atom is 0.244 e. The van der Waals surface area contributed by atoms with Gasteiger partial charge in [0.1, 0.15) is 11.8 Å². The summed E-state index contributed by atoms with van der Waals surface area (Å²) in [5.74, 6) is -0.508. The van der Waals surface area contributed by atoms with Gasteiger partial charge < -0.3 is 9.73 Å². The van der Waals surface area contributed by atoms with Crippen LogP contribution in [0, 0.1) is 23.7 Å². The SMILES string of the molecule is O=C(NCc1ccco1)[C@@H](Cc1ccccc1)N1C(=O)[C@@H]2[C@@H](C1=O)[C@H]1C=C[C@@H]2C1. The number of benzene rings is 1. The van der Waals surface area contributed by atoms with E-state index in [1.807, 2.05) is 30.3 Å². The molecule has 6 nitrogen and oxygen atoms in total. The zero-order chi connectivity index (χ0) is 20.0. The zero-order valence-electron chi connectivity index (χ0n) is 15.9. The van der Waals surface area contributed by atoms with Gasteiger partial charge in [0, 0.05) is 6.42 Å². The molecule has 1 aromatic carbocycles. The molecule has 29 heavy (non-hydrogen) atoms. The standard InChI is InChI=1S/C23H22N2O4/c26-21(24-13-17-7-4-10-29-17)18(11-14-5-2-1-3-6-14)25-22(27)19-15-8-9-16(12-15)20(19)23(25)28/h1-10,15-16,18-20H,11-13H2,(H,24,26)/t15-,16+,18-,19+,20+/m1/s1. The number of nitrogens with one attached hydrogen (secondary N) is 1. The van der Waals surface area contributed by atoms with Crippen molar-refractivity contribution in [2.75, 3.05) is 0 Å². The van der Waals surface area contributed by atoms with Crippen LogP contribution in [0.1, 0.15) is 17.7 Å². The van der Waals surface area contributed by atoms with E-state index in [1.54, 1.807) is 18.4 Å². The summed E-state index contributed by atoms with van der Waals surface area (Å²) in [6, 6.07) is 12.1. The van der Waals surface area contributed by atoms with Crippen LogP contribution in [0.15, 0.2) is 65.3 Å². The van der Waals surface area contributed by atoms with Gasteiger partial charge in [0.2, 0.25) is 17.7 Å². The van der Waals surface area contributed by atoms with E-state index < -0.39 is 6.04 Å². The van der Waals surface area contributed by atoms with Crippen molar-refractivity contribution in [1.29, 1.82) is 0 Å². The van der Waals surface area contributed by atoms with Crippen molar-refractivity contribution in [2.45, 2.75) is 25.4 Å². The van der Waals surface area contributed by atoms with Crippen molar-refractivity contribution in [3.8, 4) is 0 Å². The minimum absolute atomic E-state index is 0.120. The first-order valence-electron chi connectivity index (χ1n) is 10.0. The molecule has 6 heteroatoms. The number of furan rings is 1. The fraction of sp³-hybridized carbons (Fsp3) is 0.348. The Bertz CT molecular complexity index is 936. The Kier molecular flexibility index (Phi) is 4.34. The molecular formula is C23H22N2O4. The van der Waals surface area contributed by atoms with Gasteiger partial charge in [-0.3, -0.25) is 19.3 Å². The Hall–Kier alpha value is -3.15. The van der Waals surface area contributed by atoms with Crippen LogP contribution >= 0.6 is 0 Å². The molecule has 2 aliphatic carbocycles. The van der Waals surface area contributed by atoms with Gasteiger partial charge in [0.25, 0.3) is 0 Å². The van der Waals surface area contributed by atoms with E-state index in [2.05, 4.69) is 17.5 Å². The molecule has 2 heterocycles. The van der Waals surface area contributed by atoms with Gasteiger partial charge in [-0.15, -0.1) is 0 Å². The third-order valence-corrected chi connectivity index (χ3v) is 6.41. The number of rotatable bonds is 6. The highest BCUT2D eigenvalue weighted by atomic mass is 16.3. The van der Waals surface area contributed by atoms with Crippen molar-refractivity contribution in [2.24, 2.45) is 23.7 Å². The normalized spacial score (nSPS) is 28.1. The number of carbonyl (C=O) groups is 3. The summed E-state index contributed by atoms with van der Waals surface area (Å²) in [6.07, 6.45) is 6.83. The second-order valence-corrected chi connectivity index (χ2v) is 8.05. The van der Waals surface area contributed by atoms with Crippen molar-refractivity contribution < 1.29 is 18.8 Å². The number of nitrogens with zero attached hydrogens (tertiary/aromatic N) is 1. The third-order valence-electron chi connectivity index (χ3n) is 6.41. The topological polar surface area (TPSA) is 79.6 Å². The second kappa shape index (κ2) is 7.03. The molecular weight excluding hydrogens is 368 g/mol. The first-order chi connectivity index (χ1) is 14.1. The lowest BCUT2D eigenvalue weighted by molar-refractivity contribution is -0.148. The van der Waals surface area contributed by atoms with Crippen LogP contribution < -0.4 is 5.32 Å². The minimum Gasteiger partial charge on any atom is -0.467 e. The smallest absolute Gasteiger partial charge is 0.244 e. The van der Waals surface area contributed by atoms with Crippen LogP contribution in [-0.4, -0.2) is 28.7 Å². The van der Waals surface area contributed by atoms with Gasteiger partial charge in [0.15, 0.2) is 0 Å². The van der Waals surface area contributed by atoms with E-state index in [0.717, 1.165) is 12.0 Å². The average molecular weight is 390 g/mol. The fourth-order valence-electron chi connectivity index (χ4n) is 5.08. The Balaban J connectivity index is 1.41. The summed E-state index contributed by atoms with van der Waals surface area (Å²) in [4.78, 5) is 40.8. The summed E-state index contributed by atoms with van der Waals surface area (Å²) in [5.41, 5.74) is 0.907. The number of amides is 3. The van der Waals surface area contributed by atoms with E-state index in [4.69, 9.17) is 4.42 Å². The number of imide groups is 1. The Morgan fingerprint density at radius 3 is 2.34 bits per heavy atom. The predicted octanol–water partition coefficient (Wildman–Crippen LogP) is 2.31. The van der Waals surface area contributed by atoms with Crippen LogP contribution in [0.3, 0.4) is 0 Å². The van der Waals surface area contributed by atoms with E-state index in [-0.39, 0.29) is 47.9 Å². The molecule has 1 saturated carbocycles. The summed E-state index contributed by atoms with van der Waals surface area (Å²) < 4.78 is 5.28. The van der Waals surface area contributed by atoms with Crippen LogP contribution in [0.4, 0.5) is 0 Å². The molecule has 3 aliphatic rings. The second-order valence-electron chi connectivity index (χ2n) is 8.05. The molecule has 5 rings (SSSR count). The number of hydrogen-bond donors (Lipinski definition) is 1. The van der Waals surface area contributed by atoms with Gasteiger partial charge in [0.05, 0.1) is 24.6 Å². The number of allylic oxidation sites excluding steroid dienone is 2. The molecule has 1 N–H and O–H groups in total. The van der Waals surface area contributed by atoms with E-state index >= 15 is 0 Å². The van der Waals surface area contributed by atoms with Crippen molar-refractivity contribution in [3.63, 3.8) is 0 Å². The van der Waals surface area contributed by atoms with E-state index in [0.29, 0.717) is 12.2 Å². The van der Waals surface area contributed by atoms with Crippen molar-refractivity contribution >= 4 is 17.7 Å². The Labute approximate surface area is 168 Å². The highest BCUT2D eigenvalue weighted by molar-refractivity contribution is 6.09. The summed E-state index contributed by atoms with van der Waals surface area (Å²) in [5, 5.41) is 2.83. The fourth-order valence-corrected chi connectivity index (χ4v) is 5.08. The van der Waals surface area contributed by atoms with Crippen molar-refractivity contribution in [1.82, 2.24) is 10.2 Å². The maximum atomic E-state index is 13.2. The molecule has 5 atom stereocenters. The largest absolute Gasteiger partial charge is 0.467 e. The average Bonchev–Trinajstić information content (AvgIpc) is 3.51. The number of likely N-dealkylation sites (tertiary alicyclic amines) is 1. The highest BCUT2D eigenvalue weighted by Gasteiger charge is 2.61. The van der Waals surface area contributed by atoms with Crippen LogP contribution in [0.5, 0.6) is 0 Å². The van der Waals surface area contributed by atoms with Crippen molar-refractivity contribution in [3.05, 3.63) is 72.2 Å². The van der Waals surface area contributed by atoms with Gasteiger partial charge in [-0.25, -0.2) is 0 Å². The van der Waals surface area contributed by atoms with Crippen LogP contribution in [0.25, 0.3) is 0 Å². The Morgan fingerprint density at radius 2 is 1.72 bits per heavy atom. The highest BCUT2D eigenvalue weighted by Crippen LogP contribution is 2.52. The van der Waals surface area contributed by atoms with Gasteiger partial charge in [-0.2, -0.15) is 0 Å². The molecule has 0 unspecified atom stereocenters. The lowest BCUT2D eigenvalue weighted by atomic mass is 9.85. The number of carbonyl (C=O) groups excluding carboxylic acids is 3. The lowest BCUT2D eigenvalue weighted by Crippen LogP contribution is -2.51. The lowest BCUT2D eigenvalue weighted by Gasteiger charge is -2.27. The summed E-state index contributed by atoms with van der Waals surface area (Å²) in [7, 11) is 0. The van der Waals surface area contributed by atoms with Gasteiger partial charge >= 0.3 is 0 Å². The zero-order valence-corrected chi connectivity index (χ0v) is 15.9. The van der Waals surface area contributed by atoms with E-state index in [1.165, 1.54) is 4.90 Å². The first kappa shape index (κ1) is 17.9. The molecule has 3 amide bonds. The van der Waals surface area contributed by atoms with Gasteiger partial charge in [-0.1, -0.05) is 42.5 Å².